The zero-order chi connectivity index (χ0) is 17.4. The molecule has 0 aliphatic carbocycles. The number of hydrogen-bond donors (Lipinski definition) is 1. The number of halogens is 2. The van der Waals surface area contributed by atoms with E-state index in [1.807, 2.05) is 0 Å². The Hall–Kier alpha value is -1.63. The van der Waals surface area contributed by atoms with Crippen molar-refractivity contribution in [3.8, 4) is 0 Å². The van der Waals surface area contributed by atoms with Gasteiger partial charge in [0.1, 0.15) is 11.4 Å². The summed E-state index contributed by atoms with van der Waals surface area (Å²) in [5.41, 5.74) is 0.265. The first-order chi connectivity index (χ1) is 10.6. The van der Waals surface area contributed by atoms with Crippen LogP contribution in [0.1, 0.15) is 36.7 Å². The summed E-state index contributed by atoms with van der Waals surface area (Å²) in [4.78, 5) is 25.4. The molecule has 0 spiro atoms. The van der Waals surface area contributed by atoms with Crippen molar-refractivity contribution in [3.63, 3.8) is 0 Å². The van der Waals surface area contributed by atoms with E-state index < -0.39 is 17.5 Å². The highest BCUT2D eigenvalue weighted by atomic mass is 79.9. The van der Waals surface area contributed by atoms with E-state index in [9.17, 15) is 14.0 Å². The number of aryl methyl sites for hydroxylation is 1. The lowest BCUT2D eigenvalue weighted by Gasteiger charge is -2.39. The fraction of sp³-hybridized carbons (Fsp3) is 0.500. The molecule has 0 radical (unpaired) electrons. The Bertz CT molecular complexity index is 637. The van der Waals surface area contributed by atoms with Gasteiger partial charge in [0.15, 0.2) is 0 Å². The fourth-order valence-electron chi connectivity index (χ4n) is 2.20. The molecule has 5 nitrogen and oxygen atoms in total. The van der Waals surface area contributed by atoms with E-state index in [0.29, 0.717) is 17.6 Å². The van der Waals surface area contributed by atoms with Gasteiger partial charge in [0, 0.05) is 17.6 Å². The van der Waals surface area contributed by atoms with E-state index in [1.54, 1.807) is 27.7 Å². The smallest absolute Gasteiger partial charge is 0.407 e. The molecule has 0 aromatic heterocycles. The highest BCUT2D eigenvalue weighted by Gasteiger charge is 2.34. The van der Waals surface area contributed by atoms with E-state index in [2.05, 4.69) is 21.2 Å². The second-order valence-corrected chi connectivity index (χ2v) is 7.49. The predicted octanol–water partition coefficient (Wildman–Crippen LogP) is 3.25. The van der Waals surface area contributed by atoms with E-state index in [1.165, 1.54) is 17.0 Å². The maximum absolute atomic E-state index is 13.9. The molecule has 126 valence electrons. The number of ether oxygens (including phenoxy) is 1. The second kappa shape index (κ2) is 6.47. The van der Waals surface area contributed by atoms with Crippen LogP contribution in [0.25, 0.3) is 0 Å². The molecule has 7 heteroatoms. The lowest BCUT2D eigenvalue weighted by atomic mass is 10.0. The maximum Gasteiger partial charge on any atom is 0.407 e. The summed E-state index contributed by atoms with van der Waals surface area (Å²) in [6.45, 7) is 7.81. The molecule has 1 aromatic carbocycles. The van der Waals surface area contributed by atoms with Crippen LogP contribution in [-0.2, 0) is 4.74 Å². The summed E-state index contributed by atoms with van der Waals surface area (Å²) >= 11 is 3.23. The Labute approximate surface area is 143 Å². The van der Waals surface area contributed by atoms with Gasteiger partial charge in [-0.1, -0.05) is 15.9 Å². The van der Waals surface area contributed by atoms with Crippen molar-refractivity contribution >= 4 is 27.9 Å². The number of nitrogens with zero attached hydrogens (tertiary/aromatic N) is 1. The minimum absolute atomic E-state index is 0.0430. The molecule has 1 fully saturated rings. The van der Waals surface area contributed by atoms with E-state index in [4.69, 9.17) is 4.74 Å². The molecule has 0 unspecified atom stereocenters. The molecule has 1 saturated heterocycles. The van der Waals surface area contributed by atoms with Gasteiger partial charge >= 0.3 is 6.09 Å². The van der Waals surface area contributed by atoms with Crippen LogP contribution >= 0.6 is 15.9 Å². The molecule has 23 heavy (non-hydrogen) atoms. The first-order valence-electron chi connectivity index (χ1n) is 7.31. The SMILES string of the molecule is Cc1cc(C(=O)N2CC(NC(=O)OC(C)(C)C)C2)c(F)cc1Br. The topological polar surface area (TPSA) is 58.6 Å². The molecule has 0 saturated carbocycles. The van der Waals surface area contributed by atoms with Crippen LogP contribution in [-0.4, -0.2) is 41.6 Å². The average Bonchev–Trinajstić information content (AvgIpc) is 2.35. The number of carbonyl (C=O) groups is 2. The largest absolute Gasteiger partial charge is 0.444 e. The molecule has 1 aliphatic rings. The molecular weight excluding hydrogens is 367 g/mol. The summed E-state index contributed by atoms with van der Waals surface area (Å²) in [7, 11) is 0. The zero-order valence-corrected chi connectivity index (χ0v) is 15.2. The number of alkyl carbamates (subject to hydrolysis) is 1. The molecule has 0 bridgehead atoms. The third kappa shape index (κ3) is 4.43. The van der Waals surface area contributed by atoms with E-state index >= 15 is 0 Å². The van der Waals surface area contributed by atoms with Crippen molar-refractivity contribution in [2.24, 2.45) is 0 Å². The van der Waals surface area contributed by atoms with Gasteiger partial charge in [-0.3, -0.25) is 4.79 Å². The number of rotatable bonds is 2. The molecule has 1 aliphatic heterocycles. The standard InChI is InChI=1S/C16H20BrFN2O3/c1-9-5-11(13(18)6-12(9)17)14(21)20-7-10(8-20)19-15(22)23-16(2,3)4/h5-6,10H,7-8H2,1-4H3,(H,19,22). The lowest BCUT2D eigenvalue weighted by Crippen LogP contribution is -2.61. The Balaban J connectivity index is 1.91. The number of carbonyl (C=O) groups excluding carboxylic acids is 2. The molecule has 2 rings (SSSR count). The van der Waals surface area contributed by atoms with Gasteiger partial charge in [-0.15, -0.1) is 0 Å². The maximum atomic E-state index is 13.9. The third-order valence-electron chi connectivity index (χ3n) is 3.37. The fourth-order valence-corrected chi connectivity index (χ4v) is 2.52. The van der Waals surface area contributed by atoms with Crippen molar-refractivity contribution in [1.29, 1.82) is 0 Å². The van der Waals surface area contributed by atoms with Gasteiger partial charge in [0.25, 0.3) is 5.91 Å². The van der Waals surface area contributed by atoms with Gasteiger partial charge in [0.2, 0.25) is 0 Å². The molecule has 2 amide bonds. The van der Waals surface area contributed by atoms with Crippen LogP contribution in [0.2, 0.25) is 0 Å². The summed E-state index contributed by atoms with van der Waals surface area (Å²) in [6, 6.07) is 2.64. The van der Waals surface area contributed by atoms with Crippen LogP contribution in [0.5, 0.6) is 0 Å². The van der Waals surface area contributed by atoms with E-state index in [-0.39, 0.29) is 17.5 Å². The van der Waals surface area contributed by atoms with Gasteiger partial charge in [-0.05, 0) is 45.4 Å². The number of benzene rings is 1. The molecule has 1 N–H and O–H groups in total. The van der Waals surface area contributed by atoms with Gasteiger partial charge in [-0.25, -0.2) is 9.18 Å². The first kappa shape index (κ1) is 17.7. The normalized spacial score (nSPS) is 15.1. The summed E-state index contributed by atoms with van der Waals surface area (Å²) < 4.78 is 19.7. The number of likely N-dealkylation sites (tertiary alicyclic amines) is 1. The Morgan fingerprint density at radius 3 is 2.52 bits per heavy atom. The van der Waals surface area contributed by atoms with Crippen molar-refractivity contribution in [2.75, 3.05) is 13.1 Å². The second-order valence-electron chi connectivity index (χ2n) is 6.63. The lowest BCUT2D eigenvalue weighted by molar-refractivity contribution is 0.0357. The van der Waals surface area contributed by atoms with Crippen LogP contribution in [0.15, 0.2) is 16.6 Å². The highest BCUT2D eigenvalue weighted by molar-refractivity contribution is 9.10. The summed E-state index contributed by atoms with van der Waals surface area (Å²) in [6.07, 6.45) is -0.514. The van der Waals surface area contributed by atoms with Crippen LogP contribution in [0, 0.1) is 12.7 Å². The number of amides is 2. The number of hydrogen-bond acceptors (Lipinski definition) is 3. The van der Waals surface area contributed by atoms with Crippen molar-refractivity contribution in [3.05, 3.63) is 33.5 Å². The summed E-state index contributed by atoms with van der Waals surface area (Å²) in [5.74, 6) is -0.934. The molecular formula is C16H20BrFN2O3. The molecule has 0 atom stereocenters. The van der Waals surface area contributed by atoms with Crippen LogP contribution in [0.4, 0.5) is 9.18 Å². The minimum atomic E-state index is -0.568. The minimum Gasteiger partial charge on any atom is -0.444 e. The monoisotopic (exact) mass is 386 g/mol. The van der Waals surface area contributed by atoms with Crippen LogP contribution in [0.3, 0.4) is 0 Å². The number of nitrogens with one attached hydrogen (secondary N) is 1. The average molecular weight is 387 g/mol. The first-order valence-corrected chi connectivity index (χ1v) is 8.10. The molecule has 1 aromatic rings. The van der Waals surface area contributed by atoms with Crippen LogP contribution < -0.4 is 5.32 Å². The van der Waals surface area contributed by atoms with Crippen molar-refractivity contribution in [2.45, 2.75) is 39.3 Å². The Kier molecular flexibility index (Phi) is 4.98. The third-order valence-corrected chi connectivity index (χ3v) is 4.22. The van der Waals surface area contributed by atoms with Gasteiger partial charge < -0.3 is 15.0 Å². The van der Waals surface area contributed by atoms with Gasteiger partial charge in [0.05, 0.1) is 11.6 Å². The van der Waals surface area contributed by atoms with Gasteiger partial charge in [-0.2, -0.15) is 0 Å². The van der Waals surface area contributed by atoms with E-state index in [0.717, 1.165) is 5.56 Å². The Morgan fingerprint density at radius 2 is 1.96 bits per heavy atom. The predicted molar refractivity (Wildman–Crippen MR) is 87.9 cm³/mol. The zero-order valence-electron chi connectivity index (χ0n) is 13.6. The van der Waals surface area contributed by atoms with Crippen molar-refractivity contribution in [1.82, 2.24) is 10.2 Å². The Morgan fingerprint density at radius 1 is 1.35 bits per heavy atom. The van der Waals surface area contributed by atoms with Crippen molar-refractivity contribution < 1.29 is 18.7 Å². The highest BCUT2D eigenvalue weighted by Crippen LogP contribution is 2.23. The molecule has 1 heterocycles. The summed E-state index contributed by atoms with van der Waals surface area (Å²) in [5, 5.41) is 2.69. The quantitative estimate of drug-likeness (QED) is 0.848.